The Kier molecular flexibility index (Phi) is 4.09. The number of rotatable bonds is 3. The van der Waals surface area contributed by atoms with Gasteiger partial charge in [0.1, 0.15) is 12.9 Å². The predicted molar refractivity (Wildman–Crippen MR) is 88.0 cm³/mol. The van der Waals surface area contributed by atoms with E-state index in [9.17, 15) is 0 Å². The molecule has 0 N–H and O–H groups in total. The van der Waals surface area contributed by atoms with Crippen molar-refractivity contribution in [2.45, 2.75) is 19.3 Å². The molecule has 2 aromatic heterocycles. The Morgan fingerprint density at radius 2 is 1.67 bits per heavy atom. The van der Waals surface area contributed by atoms with Gasteiger partial charge in [0, 0.05) is 38.0 Å². The molecular weight excluding hydrogens is 258 g/mol. The highest BCUT2D eigenvalue weighted by Crippen LogP contribution is 2.23. The zero-order valence-corrected chi connectivity index (χ0v) is 13.0. The first-order chi connectivity index (χ1) is 10.2. The molecule has 1 saturated heterocycles. The van der Waals surface area contributed by atoms with Crippen molar-refractivity contribution in [3.8, 4) is 0 Å². The molecule has 0 radical (unpaired) electrons. The standard InChI is InChI=1S/C18H24N3/c1-19-14-10-16(11-15-19)6-7-17-8-9-18(20(17)2)21-12-4-3-5-13-21/h6-11,14-15H,3-5,12-13H2,1-2H3/q+1. The normalized spacial score (nSPS) is 15.8. The summed E-state index contributed by atoms with van der Waals surface area (Å²) in [5, 5.41) is 0. The Morgan fingerprint density at radius 3 is 2.38 bits per heavy atom. The fourth-order valence-corrected chi connectivity index (χ4v) is 2.93. The molecule has 21 heavy (non-hydrogen) atoms. The van der Waals surface area contributed by atoms with Crippen LogP contribution in [0.25, 0.3) is 12.2 Å². The lowest BCUT2D eigenvalue weighted by atomic mass is 10.1. The van der Waals surface area contributed by atoms with E-state index in [1.165, 1.54) is 49.4 Å². The van der Waals surface area contributed by atoms with Gasteiger partial charge in [-0.25, -0.2) is 4.57 Å². The molecule has 0 saturated carbocycles. The summed E-state index contributed by atoms with van der Waals surface area (Å²) in [6, 6.07) is 8.72. The Labute approximate surface area is 127 Å². The van der Waals surface area contributed by atoms with Crippen molar-refractivity contribution in [1.82, 2.24) is 4.57 Å². The van der Waals surface area contributed by atoms with Crippen LogP contribution in [-0.4, -0.2) is 17.7 Å². The van der Waals surface area contributed by atoms with Crippen LogP contribution >= 0.6 is 0 Å². The fourth-order valence-electron chi connectivity index (χ4n) is 2.93. The highest BCUT2D eigenvalue weighted by atomic mass is 15.2. The van der Waals surface area contributed by atoms with Crippen LogP contribution in [0, 0.1) is 0 Å². The highest BCUT2D eigenvalue weighted by molar-refractivity contribution is 5.69. The lowest BCUT2D eigenvalue weighted by Gasteiger charge is -2.29. The SMILES string of the molecule is Cn1c(/C=C/c2cc[n+](C)cc2)ccc1N1CCCCC1. The number of hydrogen-bond donors (Lipinski definition) is 0. The summed E-state index contributed by atoms with van der Waals surface area (Å²) in [6.45, 7) is 2.38. The van der Waals surface area contributed by atoms with Crippen molar-refractivity contribution < 1.29 is 4.57 Å². The summed E-state index contributed by atoms with van der Waals surface area (Å²) in [4.78, 5) is 2.50. The van der Waals surface area contributed by atoms with E-state index in [4.69, 9.17) is 0 Å². The maximum absolute atomic E-state index is 2.50. The minimum atomic E-state index is 1.19. The zero-order chi connectivity index (χ0) is 14.7. The number of aryl methyl sites for hydroxylation is 1. The van der Waals surface area contributed by atoms with E-state index < -0.39 is 0 Å². The molecule has 3 nitrogen and oxygen atoms in total. The first kappa shape index (κ1) is 13.9. The van der Waals surface area contributed by atoms with E-state index >= 15 is 0 Å². The van der Waals surface area contributed by atoms with Crippen molar-refractivity contribution in [3.05, 3.63) is 47.9 Å². The largest absolute Gasteiger partial charge is 0.358 e. The number of piperidine rings is 1. The molecule has 3 heteroatoms. The molecule has 2 aromatic rings. The van der Waals surface area contributed by atoms with Crippen LogP contribution in [0.15, 0.2) is 36.7 Å². The van der Waals surface area contributed by atoms with Gasteiger partial charge in [0.25, 0.3) is 0 Å². The molecule has 0 aromatic carbocycles. The van der Waals surface area contributed by atoms with Gasteiger partial charge in [-0.05, 0) is 43.0 Å². The Morgan fingerprint density at radius 1 is 0.952 bits per heavy atom. The third-order valence-electron chi connectivity index (χ3n) is 4.26. The van der Waals surface area contributed by atoms with E-state index in [-0.39, 0.29) is 0 Å². The first-order valence-corrected chi connectivity index (χ1v) is 7.78. The predicted octanol–water partition coefficient (Wildman–Crippen LogP) is 3.01. The molecule has 1 fully saturated rings. The zero-order valence-electron chi connectivity index (χ0n) is 13.0. The van der Waals surface area contributed by atoms with Crippen molar-refractivity contribution in [3.63, 3.8) is 0 Å². The number of pyridine rings is 1. The molecule has 0 unspecified atom stereocenters. The van der Waals surface area contributed by atoms with Gasteiger partial charge in [-0.1, -0.05) is 6.08 Å². The van der Waals surface area contributed by atoms with E-state index in [1.807, 2.05) is 11.6 Å². The Hall–Kier alpha value is -2.03. The van der Waals surface area contributed by atoms with Crippen LogP contribution in [0.2, 0.25) is 0 Å². The molecule has 3 rings (SSSR count). The summed E-state index contributed by atoms with van der Waals surface area (Å²) in [6.07, 6.45) is 12.5. The van der Waals surface area contributed by atoms with Crippen molar-refractivity contribution in [2.75, 3.05) is 18.0 Å². The summed E-state index contributed by atoms with van der Waals surface area (Å²) in [7, 11) is 4.20. The molecule has 110 valence electrons. The minimum Gasteiger partial charge on any atom is -0.358 e. The minimum absolute atomic E-state index is 1.19. The Balaban J connectivity index is 1.77. The monoisotopic (exact) mass is 282 g/mol. The maximum Gasteiger partial charge on any atom is 0.169 e. The van der Waals surface area contributed by atoms with Crippen LogP contribution in [0.1, 0.15) is 30.5 Å². The van der Waals surface area contributed by atoms with Gasteiger partial charge in [0.15, 0.2) is 12.4 Å². The van der Waals surface area contributed by atoms with Gasteiger partial charge >= 0.3 is 0 Å². The second-order valence-corrected chi connectivity index (χ2v) is 5.85. The molecule has 0 aliphatic carbocycles. The molecular formula is C18H24N3+. The second-order valence-electron chi connectivity index (χ2n) is 5.85. The number of aromatic nitrogens is 2. The quantitative estimate of drug-likeness (QED) is 0.788. The van der Waals surface area contributed by atoms with E-state index in [0.29, 0.717) is 0 Å². The lowest BCUT2D eigenvalue weighted by molar-refractivity contribution is -0.671. The molecule has 0 bridgehead atoms. The smallest absolute Gasteiger partial charge is 0.169 e. The maximum atomic E-state index is 2.50. The third kappa shape index (κ3) is 3.18. The van der Waals surface area contributed by atoms with Crippen LogP contribution in [-0.2, 0) is 14.1 Å². The average molecular weight is 282 g/mol. The molecule has 1 aliphatic rings. The van der Waals surface area contributed by atoms with Gasteiger partial charge in [-0.3, -0.25) is 0 Å². The third-order valence-corrected chi connectivity index (χ3v) is 4.26. The number of anilines is 1. The summed E-state index contributed by atoms with van der Waals surface area (Å²) in [5.74, 6) is 1.34. The molecule has 0 amide bonds. The number of hydrogen-bond acceptors (Lipinski definition) is 1. The van der Waals surface area contributed by atoms with Crippen molar-refractivity contribution >= 4 is 18.0 Å². The van der Waals surface area contributed by atoms with Crippen molar-refractivity contribution in [1.29, 1.82) is 0 Å². The Bertz CT molecular complexity index is 616. The molecule has 1 aliphatic heterocycles. The van der Waals surface area contributed by atoms with Crippen LogP contribution in [0.4, 0.5) is 5.82 Å². The van der Waals surface area contributed by atoms with E-state index in [0.717, 1.165) is 0 Å². The fraction of sp³-hybridized carbons (Fsp3) is 0.389. The van der Waals surface area contributed by atoms with E-state index in [2.05, 4.69) is 65.3 Å². The lowest BCUT2D eigenvalue weighted by Crippen LogP contribution is -2.30. The highest BCUT2D eigenvalue weighted by Gasteiger charge is 2.14. The average Bonchev–Trinajstić information content (AvgIpc) is 2.89. The topological polar surface area (TPSA) is 12.0 Å². The summed E-state index contributed by atoms with van der Waals surface area (Å²) >= 11 is 0. The van der Waals surface area contributed by atoms with Gasteiger partial charge in [-0.15, -0.1) is 0 Å². The van der Waals surface area contributed by atoms with Gasteiger partial charge in [0.2, 0.25) is 0 Å². The molecule has 0 spiro atoms. The first-order valence-electron chi connectivity index (χ1n) is 7.78. The van der Waals surface area contributed by atoms with Gasteiger partial charge < -0.3 is 9.47 Å². The van der Waals surface area contributed by atoms with Crippen LogP contribution in [0.5, 0.6) is 0 Å². The van der Waals surface area contributed by atoms with E-state index in [1.54, 1.807) is 0 Å². The van der Waals surface area contributed by atoms with Crippen LogP contribution < -0.4 is 9.47 Å². The van der Waals surface area contributed by atoms with Gasteiger partial charge in [-0.2, -0.15) is 0 Å². The molecule has 0 atom stereocenters. The van der Waals surface area contributed by atoms with Crippen LogP contribution in [0.3, 0.4) is 0 Å². The molecule has 3 heterocycles. The second kappa shape index (κ2) is 6.17. The van der Waals surface area contributed by atoms with Gasteiger partial charge in [0.05, 0.1) is 0 Å². The summed E-state index contributed by atoms with van der Waals surface area (Å²) < 4.78 is 4.35. The number of nitrogens with zero attached hydrogens (tertiary/aromatic N) is 3. The summed E-state index contributed by atoms with van der Waals surface area (Å²) in [5.41, 5.74) is 2.48. The van der Waals surface area contributed by atoms with Crippen molar-refractivity contribution in [2.24, 2.45) is 14.1 Å².